The maximum Gasteiger partial charge on any atom is 0.410 e. The summed E-state index contributed by atoms with van der Waals surface area (Å²) in [6, 6.07) is 1.13. The van der Waals surface area contributed by atoms with E-state index in [0.717, 1.165) is 65.2 Å². The molecule has 1 amide bonds. The highest BCUT2D eigenvalue weighted by atomic mass is 16.6. The van der Waals surface area contributed by atoms with Crippen molar-refractivity contribution in [3.63, 3.8) is 0 Å². The van der Waals surface area contributed by atoms with Gasteiger partial charge in [-0.1, -0.05) is 19.8 Å². The molecule has 2 heterocycles. The molecule has 27 heavy (non-hydrogen) atoms. The van der Waals surface area contributed by atoms with Gasteiger partial charge in [-0.15, -0.1) is 0 Å². The minimum atomic E-state index is -0.423. The average Bonchev–Trinajstić information content (AvgIpc) is 2.64. The molecule has 0 atom stereocenters. The lowest BCUT2D eigenvalue weighted by Crippen LogP contribution is -2.51. The van der Waals surface area contributed by atoms with Crippen LogP contribution in [0.15, 0.2) is 0 Å². The number of carbonyl (C=O) groups is 1. The standard InChI is InChI=1S/C21H41N3O3/c1-5-6-7-12-24(17-22-18-10-15-26-16-11-18)19-8-13-23(14-9-19)20(25)27-21(2,3)4/h18-19,22H,5-17H2,1-4H3. The number of nitrogens with zero attached hydrogens (tertiary/aromatic N) is 2. The summed E-state index contributed by atoms with van der Waals surface area (Å²) in [7, 11) is 0. The Balaban J connectivity index is 1.81. The van der Waals surface area contributed by atoms with Gasteiger partial charge in [0.15, 0.2) is 0 Å². The molecule has 0 bridgehead atoms. The fraction of sp³-hybridized carbons (Fsp3) is 0.952. The number of hydrogen-bond donors (Lipinski definition) is 1. The summed E-state index contributed by atoms with van der Waals surface area (Å²) in [5, 5.41) is 3.75. The van der Waals surface area contributed by atoms with Crippen molar-refractivity contribution < 1.29 is 14.3 Å². The third-order valence-corrected chi connectivity index (χ3v) is 5.49. The van der Waals surface area contributed by atoms with Gasteiger partial charge < -0.3 is 19.7 Å². The van der Waals surface area contributed by atoms with E-state index in [1.807, 2.05) is 25.7 Å². The molecule has 0 aromatic rings. The van der Waals surface area contributed by atoms with Gasteiger partial charge in [-0.3, -0.25) is 4.90 Å². The summed E-state index contributed by atoms with van der Waals surface area (Å²) >= 11 is 0. The maximum atomic E-state index is 12.3. The zero-order chi connectivity index (χ0) is 19.7. The number of carbonyl (C=O) groups excluding carboxylic acids is 1. The highest BCUT2D eigenvalue weighted by molar-refractivity contribution is 5.68. The Hall–Kier alpha value is -0.850. The molecule has 0 unspecified atom stereocenters. The van der Waals surface area contributed by atoms with Crippen LogP contribution in [-0.2, 0) is 9.47 Å². The first-order valence-electron chi connectivity index (χ1n) is 10.9. The van der Waals surface area contributed by atoms with Crippen LogP contribution in [0.1, 0.15) is 72.6 Å². The Morgan fingerprint density at radius 2 is 1.81 bits per heavy atom. The van der Waals surface area contributed by atoms with Crippen LogP contribution in [0.2, 0.25) is 0 Å². The molecular formula is C21H41N3O3. The lowest BCUT2D eigenvalue weighted by molar-refractivity contribution is 0.0127. The zero-order valence-corrected chi connectivity index (χ0v) is 18.0. The maximum absolute atomic E-state index is 12.3. The molecule has 0 aromatic carbocycles. The molecular weight excluding hydrogens is 342 g/mol. The largest absolute Gasteiger partial charge is 0.444 e. The Kier molecular flexibility index (Phi) is 9.33. The molecule has 0 aliphatic carbocycles. The normalized spacial score (nSPS) is 20.3. The van der Waals surface area contributed by atoms with Crippen LogP contribution in [-0.4, -0.2) is 73.1 Å². The Bertz CT molecular complexity index is 425. The molecule has 2 aliphatic rings. The van der Waals surface area contributed by atoms with E-state index < -0.39 is 5.60 Å². The summed E-state index contributed by atoms with van der Waals surface area (Å²) in [6.45, 7) is 13.5. The number of amides is 1. The number of ether oxygens (including phenoxy) is 2. The molecule has 2 aliphatic heterocycles. The van der Waals surface area contributed by atoms with Crippen molar-refractivity contribution in [3.8, 4) is 0 Å². The molecule has 0 saturated carbocycles. The third-order valence-electron chi connectivity index (χ3n) is 5.49. The van der Waals surface area contributed by atoms with Crippen molar-refractivity contribution in [3.05, 3.63) is 0 Å². The van der Waals surface area contributed by atoms with E-state index in [1.54, 1.807) is 0 Å². The van der Waals surface area contributed by atoms with Crippen molar-refractivity contribution in [1.82, 2.24) is 15.1 Å². The van der Waals surface area contributed by atoms with E-state index in [2.05, 4.69) is 17.1 Å². The van der Waals surface area contributed by atoms with Gasteiger partial charge in [-0.25, -0.2) is 4.79 Å². The number of unbranched alkanes of at least 4 members (excludes halogenated alkanes) is 2. The molecule has 1 N–H and O–H groups in total. The second kappa shape index (κ2) is 11.2. The Morgan fingerprint density at radius 3 is 2.41 bits per heavy atom. The van der Waals surface area contributed by atoms with Crippen LogP contribution in [0.5, 0.6) is 0 Å². The monoisotopic (exact) mass is 383 g/mol. The number of hydrogen-bond acceptors (Lipinski definition) is 5. The van der Waals surface area contributed by atoms with Gasteiger partial charge in [0, 0.05) is 45.1 Å². The molecule has 0 spiro atoms. The van der Waals surface area contributed by atoms with Gasteiger partial charge in [0.25, 0.3) is 0 Å². The van der Waals surface area contributed by atoms with Crippen LogP contribution >= 0.6 is 0 Å². The first-order valence-corrected chi connectivity index (χ1v) is 10.9. The van der Waals surface area contributed by atoms with Crippen LogP contribution in [0.3, 0.4) is 0 Å². The predicted octanol–water partition coefficient (Wildman–Crippen LogP) is 3.60. The molecule has 2 saturated heterocycles. The Labute approximate surface area is 165 Å². The minimum Gasteiger partial charge on any atom is -0.444 e. The van der Waals surface area contributed by atoms with Crippen LogP contribution < -0.4 is 5.32 Å². The van der Waals surface area contributed by atoms with E-state index in [-0.39, 0.29) is 6.09 Å². The summed E-state index contributed by atoms with van der Waals surface area (Å²) in [4.78, 5) is 16.8. The first-order chi connectivity index (χ1) is 12.9. The zero-order valence-electron chi connectivity index (χ0n) is 18.0. The molecule has 2 rings (SSSR count). The van der Waals surface area contributed by atoms with Crippen LogP contribution in [0.25, 0.3) is 0 Å². The third kappa shape index (κ3) is 8.36. The minimum absolute atomic E-state index is 0.168. The van der Waals surface area contributed by atoms with Gasteiger partial charge in [-0.2, -0.15) is 0 Å². The van der Waals surface area contributed by atoms with E-state index >= 15 is 0 Å². The molecule has 2 fully saturated rings. The fourth-order valence-corrected chi connectivity index (χ4v) is 3.84. The van der Waals surface area contributed by atoms with Gasteiger partial charge in [-0.05, 0) is 59.4 Å². The topological polar surface area (TPSA) is 54.0 Å². The average molecular weight is 384 g/mol. The van der Waals surface area contributed by atoms with Crippen molar-refractivity contribution in [2.75, 3.05) is 39.5 Å². The number of likely N-dealkylation sites (tertiary alicyclic amines) is 1. The highest BCUT2D eigenvalue weighted by Gasteiger charge is 2.29. The van der Waals surface area contributed by atoms with E-state index in [4.69, 9.17) is 9.47 Å². The summed E-state index contributed by atoms with van der Waals surface area (Å²) in [5.41, 5.74) is -0.423. The first kappa shape index (κ1) is 22.4. The second-order valence-corrected chi connectivity index (χ2v) is 8.97. The second-order valence-electron chi connectivity index (χ2n) is 8.97. The van der Waals surface area contributed by atoms with E-state index in [0.29, 0.717) is 12.1 Å². The van der Waals surface area contributed by atoms with Gasteiger partial charge >= 0.3 is 6.09 Å². The van der Waals surface area contributed by atoms with Gasteiger partial charge in [0.1, 0.15) is 5.60 Å². The predicted molar refractivity (Wildman–Crippen MR) is 109 cm³/mol. The van der Waals surface area contributed by atoms with Crippen molar-refractivity contribution in [1.29, 1.82) is 0 Å². The van der Waals surface area contributed by atoms with Crippen molar-refractivity contribution in [2.45, 2.75) is 90.3 Å². The number of nitrogens with one attached hydrogen (secondary N) is 1. The van der Waals surface area contributed by atoms with Crippen molar-refractivity contribution >= 4 is 6.09 Å². The SMILES string of the molecule is CCCCCN(CNC1CCOCC1)C1CCN(C(=O)OC(C)(C)C)CC1. The summed E-state index contributed by atoms with van der Waals surface area (Å²) in [6.07, 6.45) is 7.89. The van der Waals surface area contributed by atoms with Crippen LogP contribution in [0, 0.1) is 0 Å². The summed E-state index contributed by atoms with van der Waals surface area (Å²) < 4.78 is 11.0. The van der Waals surface area contributed by atoms with Gasteiger partial charge in [0.2, 0.25) is 0 Å². The lowest BCUT2D eigenvalue weighted by Gasteiger charge is -2.39. The lowest BCUT2D eigenvalue weighted by atomic mass is 10.0. The number of rotatable bonds is 8. The highest BCUT2D eigenvalue weighted by Crippen LogP contribution is 2.20. The molecule has 6 nitrogen and oxygen atoms in total. The molecule has 158 valence electrons. The van der Waals surface area contributed by atoms with Crippen molar-refractivity contribution in [2.24, 2.45) is 0 Å². The van der Waals surface area contributed by atoms with E-state index in [9.17, 15) is 4.79 Å². The van der Waals surface area contributed by atoms with Gasteiger partial charge in [0.05, 0.1) is 0 Å². The molecule has 6 heteroatoms. The van der Waals surface area contributed by atoms with E-state index in [1.165, 1.54) is 19.3 Å². The summed E-state index contributed by atoms with van der Waals surface area (Å²) in [5.74, 6) is 0. The smallest absolute Gasteiger partial charge is 0.410 e. The quantitative estimate of drug-likeness (QED) is 0.513. The number of piperidine rings is 1. The molecule has 0 radical (unpaired) electrons. The molecule has 0 aromatic heterocycles. The fourth-order valence-electron chi connectivity index (χ4n) is 3.84. The van der Waals surface area contributed by atoms with Crippen LogP contribution in [0.4, 0.5) is 4.79 Å². The Morgan fingerprint density at radius 1 is 1.15 bits per heavy atom.